The molecule has 2 amide bonds. The van der Waals surface area contributed by atoms with Crippen molar-refractivity contribution in [2.75, 3.05) is 5.32 Å². The fourth-order valence-electron chi connectivity index (χ4n) is 4.52. The number of rotatable bonds is 6. The van der Waals surface area contributed by atoms with Gasteiger partial charge in [-0.15, -0.1) is 5.10 Å². The third kappa shape index (κ3) is 3.28. The Bertz CT molecular complexity index is 1240. The average molecular weight is 433 g/mol. The summed E-state index contributed by atoms with van der Waals surface area (Å²) in [6.45, 7) is 4.31. The predicted molar refractivity (Wildman–Crippen MR) is 114 cm³/mol. The highest BCUT2D eigenvalue weighted by atomic mass is 16.2. The van der Waals surface area contributed by atoms with E-state index in [0.717, 1.165) is 17.7 Å². The number of nitrogens with zero attached hydrogens (tertiary/aromatic N) is 4. The summed E-state index contributed by atoms with van der Waals surface area (Å²) in [6.07, 6.45) is 2.76. The van der Waals surface area contributed by atoms with E-state index in [1.165, 1.54) is 0 Å². The van der Waals surface area contributed by atoms with Crippen LogP contribution in [0.4, 0.5) is 5.69 Å². The van der Waals surface area contributed by atoms with Gasteiger partial charge in [0.2, 0.25) is 0 Å². The number of tetrazole rings is 1. The SMILES string of the molecule is Cc1cccc(NC(=O)c2c(C)c(C(=O)C(=O)NC3(c4nnn[nH]4)CC3)c3n2CCC3)c1. The summed E-state index contributed by atoms with van der Waals surface area (Å²) in [4.78, 5) is 39.3. The maximum absolute atomic E-state index is 13.2. The van der Waals surface area contributed by atoms with E-state index in [2.05, 4.69) is 31.3 Å². The van der Waals surface area contributed by atoms with Gasteiger partial charge in [-0.05, 0) is 73.2 Å². The highest BCUT2D eigenvalue weighted by Crippen LogP contribution is 2.43. The minimum absolute atomic E-state index is 0.290. The van der Waals surface area contributed by atoms with Crippen molar-refractivity contribution in [1.82, 2.24) is 30.5 Å². The van der Waals surface area contributed by atoms with E-state index in [9.17, 15) is 14.4 Å². The van der Waals surface area contributed by atoms with Crippen LogP contribution >= 0.6 is 0 Å². The number of carbonyl (C=O) groups excluding carboxylic acids is 3. The number of amides is 2. The number of nitrogens with one attached hydrogen (secondary N) is 3. The second-order valence-corrected chi connectivity index (χ2v) is 8.49. The van der Waals surface area contributed by atoms with Gasteiger partial charge in [-0.3, -0.25) is 14.4 Å². The molecular weight excluding hydrogens is 410 g/mol. The number of carbonyl (C=O) groups is 3. The number of aryl methyl sites for hydroxylation is 1. The number of ketones is 1. The van der Waals surface area contributed by atoms with Crippen molar-refractivity contribution in [3.63, 3.8) is 0 Å². The summed E-state index contributed by atoms with van der Waals surface area (Å²) >= 11 is 0. The van der Waals surface area contributed by atoms with Gasteiger partial charge in [0.25, 0.3) is 17.6 Å². The fraction of sp³-hybridized carbons (Fsp3) is 0.364. The van der Waals surface area contributed by atoms with Crippen molar-refractivity contribution in [2.45, 2.75) is 51.6 Å². The van der Waals surface area contributed by atoms with Crippen LogP contribution in [0, 0.1) is 13.8 Å². The summed E-state index contributed by atoms with van der Waals surface area (Å²) in [5, 5.41) is 19.4. The number of aromatic amines is 1. The molecule has 0 radical (unpaired) electrons. The lowest BCUT2D eigenvalue weighted by atomic mass is 10.0. The molecule has 1 aliphatic heterocycles. The lowest BCUT2D eigenvalue weighted by Crippen LogP contribution is -2.40. The van der Waals surface area contributed by atoms with Crippen LogP contribution in [0.3, 0.4) is 0 Å². The molecule has 2 aromatic heterocycles. The van der Waals surface area contributed by atoms with Gasteiger partial charge in [0, 0.05) is 17.9 Å². The van der Waals surface area contributed by atoms with E-state index in [4.69, 9.17) is 0 Å². The number of hydrogen-bond acceptors (Lipinski definition) is 6. The molecule has 1 aliphatic carbocycles. The van der Waals surface area contributed by atoms with E-state index in [1.54, 1.807) is 6.92 Å². The topological polar surface area (TPSA) is 135 Å². The third-order valence-electron chi connectivity index (χ3n) is 6.24. The molecule has 1 aromatic carbocycles. The van der Waals surface area contributed by atoms with Gasteiger partial charge < -0.3 is 15.2 Å². The molecule has 3 heterocycles. The lowest BCUT2D eigenvalue weighted by Gasteiger charge is -2.13. The number of hydrogen-bond donors (Lipinski definition) is 3. The first-order valence-electron chi connectivity index (χ1n) is 10.6. The van der Waals surface area contributed by atoms with E-state index in [0.29, 0.717) is 54.1 Å². The first-order valence-corrected chi connectivity index (χ1v) is 10.6. The molecule has 5 rings (SSSR count). The Hall–Kier alpha value is -3.82. The fourth-order valence-corrected chi connectivity index (χ4v) is 4.52. The maximum Gasteiger partial charge on any atom is 0.293 e. The monoisotopic (exact) mass is 433 g/mol. The Morgan fingerprint density at radius 2 is 2.00 bits per heavy atom. The van der Waals surface area contributed by atoms with Crippen molar-refractivity contribution in [2.24, 2.45) is 0 Å². The van der Waals surface area contributed by atoms with Crippen LogP contribution in [-0.4, -0.2) is 42.8 Å². The molecule has 1 saturated carbocycles. The van der Waals surface area contributed by atoms with Gasteiger partial charge >= 0.3 is 0 Å². The molecule has 164 valence electrons. The quantitative estimate of drug-likeness (QED) is 0.401. The minimum atomic E-state index is -0.724. The highest BCUT2D eigenvalue weighted by Gasteiger charge is 2.50. The van der Waals surface area contributed by atoms with Crippen LogP contribution in [0.1, 0.15) is 62.8 Å². The molecule has 10 nitrogen and oxygen atoms in total. The predicted octanol–water partition coefficient (Wildman–Crippen LogP) is 1.80. The normalized spacial score (nSPS) is 15.8. The molecule has 3 aromatic rings. The van der Waals surface area contributed by atoms with Gasteiger partial charge in [-0.2, -0.15) is 0 Å². The Balaban J connectivity index is 1.43. The smallest absolute Gasteiger partial charge is 0.293 e. The molecule has 0 atom stereocenters. The first kappa shape index (κ1) is 20.1. The van der Waals surface area contributed by atoms with Crippen LogP contribution in [0.5, 0.6) is 0 Å². The second-order valence-electron chi connectivity index (χ2n) is 8.49. The average Bonchev–Trinajstić information content (AvgIpc) is 3.13. The molecule has 0 saturated heterocycles. The molecule has 0 spiro atoms. The molecule has 3 N–H and O–H groups in total. The summed E-state index contributed by atoms with van der Waals surface area (Å²) in [5.41, 5.74) is 3.00. The summed E-state index contributed by atoms with van der Waals surface area (Å²) < 4.78 is 1.87. The molecular formula is C22H23N7O3. The Kier molecular flexibility index (Phi) is 4.65. The van der Waals surface area contributed by atoms with Crippen LogP contribution in [-0.2, 0) is 23.3 Å². The lowest BCUT2D eigenvalue weighted by molar-refractivity contribution is -0.118. The molecule has 2 aliphatic rings. The van der Waals surface area contributed by atoms with Gasteiger partial charge in [0.05, 0.1) is 5.56 Å². The molecule has 0 unspecified atom stereocenters. The Labute approximate surface area is 183 Å². The van der Waals surface area contributed by atoms with Crippen molar-refractivity contribution < 1.29 is 14.4 Å². The van der Waals surface area contributed by atoms with Crippen LogP contribution in [0.2, 0.25) is 0 Å². The minimum Gasteiger partial charge on any atom is -0.340 e. The van der Waals surface area contributed by atoms with Gasteiger partial charge in [0.1, 0.15) is 11.2 Å². The Morgan fingerprint density at radius 1 is 1.19 bits per heavy atom. The molecule has 32 heavy (non-hydrogen) atoms. The number of fused-ring (bicyclic) bond motifs is 1. The number of H-pyrrole nitrogens is 1. The summed E-state index contributed by atoms with van der Waals surface area (Å²) in [6, 6.07) is 7.53. The zero-order chi connectivity index (χ0) is 22.5. The van der Waals surface area contributed by atoms with Crippen LogP contribution < -0.4 is 10.6 Å². The molecule has 0 bridgehead atoms. The summed E-state index contributed by atoms with van der Waals surface area (Å²) in [5.74, 6) is -1.20. The zero-order valence-electron chi connectivity index (χ0n) is 17.9. The van der Waals surface area contributed by atoms with Gasteiger partial charge in [-0.1, -0.05) is 12.1 Å². The first-order chi connectivity index (χ1) is 15.4. The van der Waals surface area contributed by atoms with Gasteiger partial charge in [-0.25, -0.2) is 5.10 Å². The van der Waals surface area contributed by atoms with Crippen LogP contribution in [0.15, 0.2) is 24.3 Å². The van der Waals surface area contributed by atoms with Crippen molar-refractivity contribution in [3.05, 3.63) is 58.2 Å². The number of Topliss-reactive ketones (excluding diaryl/α,β-unsaturated/α-hetero) is 1. The molecule has 10 heteroatoms. The van der Waals surface area contributed by atoms with E-state index in [1.807, 2.05) is 35.8 Å². The number of benzene rings is 1. The van der Waals surface area contributed by atoms with Crippen LogP contribution in [0.25, 0.3) is 0 Å². The number of anilines is 1. The Morgan fingerprint density at radius 3 is 2.69 bits per heavy atom. The van der Waals surface area contributed by atoms with Crippen molar-refractivity contribution in [1.29, 1.82) is 0 Å². The standard InChI is InChI=1S/C22H23N7O3/c1-12-5-3-6-14(11-12)23-19(31)17-13(2)16(15-7-4-10-29(15)17)18(30)20(32)24-22(8-9-22)21-25-27-28-26-21/h3,5-6,11H,4,7-10H2,1-2H3,(H,23,31)(H,24,32)(H,25,26,27,28). The van der Waals surface area contributed by atoms with E-state index in [-0.39, 0.29) is 5.91 Å². The van der Waals surface area contributed by atoms with Gasteiger partial charge in [0.15, 0.2) is 5.82 Å². The largest absolute Gasteiger partial charge is 0.340 e. The summed E-state index contributed by atoms with van der Waals surface area (Å²) in [7, 11) is 0. The number of aromatic nitrogens is 5. The third-order valence-corrected chi connectivity index (χ3v) is 6.24. The maximum atomic E-state index is 13.2. The molecule has 1 fully saturated rings. The second kappa shape index (κ2) is 7.40. The van der Waals surface area contributed by atoms with E-state index < -0.39 is 17.2 Å². The van der Waals surface area contributed by atoms with Crippen molar-refractivity contribution in [3.8, 4) is 0 Å². The van der Waals surface area contributed by atoms with E-state index >= 15 is 0 Å². The highest BCUT2D eigenvalue weighted by molar-refractivity contribution is 6.44. The zero-order valence-corrected chi connectivity index (χ0v) is 17.9. The van der Waals surface area contributed by atoms with Crippen molar-refractivity contribution >= 4 is 23.3 Å².